The van der Waals surface area contributed by atoms with Gasteiger partial charge >= 0.3 is 0 Å². The van der Waals surface area contributed by atoms with Crippen molar-refractivity contribution in [3.05, 3.63) is 0 Å². The van der Waals surface area contributed by atoms with Gasteiger partial charge in [0.15, 0.2) is 0 Å². The van der Waals surface area contributed by atoms with Gasteiger partial charge in [0.1, 0.15) is 12.2 Å². The zero-order valence-corrected chi connectivity index (χ0v) is 7.58. The van der Waals surface area contributed by atoms with E-state index in [-0.39, 0.29) is 0 Å². The molecule has 0 saturated carbocycles. The molecular formula is C9H16O3. The molecular weight excluding hydrogens is 156 g/mol. The highest BCUT2D eigenvalue weighted by Gasteiger charge is 2.59. The number of hydrogen-bond donors (Lipinski definition) is 2. The van der Waals surface area contributed by atoms with E-state index in [0.717, 1.165) is 19.3 Å². The Labute approximate surface area is 72.3 Å². The van der Waals surface area contributed by atoms with Crippen LogP contribution in [0.2, 0.25) is 0 Å². The van der Waals surface area contributed by atoms with Crippen LogP contribution in [0.25, 0.3) is 0 Å². The quantitative estimate of drug-likeness (QED) is 0.557. The second-order valence-electron chi connectivity index (χ2n) is 4.47. The van der Waals surface area contributed by atoms with Gasteiger partial charge in [0.05, 0.1) is 11.2 Å². The molecule has 2 aliphatic rings. The average Bonchev–Trinajstić information content (AvgIpc) is 2.10. The van der Waals surface area contributed by atoms with Gasteiger partial charge in [-0.25, -0.2) is 0 Å². The van der Waals surface area contributed by atoms with Gasteiger partial charge in [-0.1, -0.05) is 0 Å². The molecule has 0 spiro atoms. The summed E-state index contributed by atoms with van der Waals surface area (Å²) in [6, 6.07) is 0. The summed E-state index contributed by atoms with van der Waals surface area (Å²) in [7, 11) is 0. The number of aliphatic hydroxyl groups excluding tert-OH is 2. The molecule has 2 aliphatic heterocycles. The van der Waals surface area contributed by atoms with Crippen molar-refractivity contribution < 1.29 is 14.9 Å². The van der Waals surface area contributed by atoms with Crippen LogP contribution in [0.15, 0.2) is 0 Å². The SMILES string of the molecule is CC12CCCC(C)(O1)C(O)C2O. The lowest BCUT2D eigenvalue weighted by Crippen LogP contribution is -2.39. The number of fused-ring (bicyclic) bond motifs is 2. The van der Waals surface area contributed by atoms with E-state index in [4.69, 9.17) is 4.74 Å². The number of aliphatic hydroxyl groups is 2. The van der Waals surface area contributed by atoms with E-state index in [1.165, 1.54) is 0 Å². The van der Waals surface area contributed by atoms with Crippen molar-refractivity contribution in [2.75, 3.05) is 0 Å². The lowest BCUT2D eigenvalue weighted by Gasteiger charge is -2.36. The van der Waals surface area contributed by atoms with E-state index in [0.29, 0.717) is 0 Å². The van der Waals surface area contributed by atoms with E-state index < -0.39 is 23.4 Å². The Morgan fingerprint density at radius 1 is 1.08 bits per heavy atom. The molecule has 0 radical (unpaired) electrons. The minimum Gasteiger partial charge on any atom is -0.387 e. The fraction of sp³-hybridized carbons (Fsp3) is 1.00. The van der Waals surface area contributed by atoms with E-state index >= 15 is 0 Å². The Balaban J connectivity index is 2.33. The van der Waals surface area contributed by atoms with Gasteiger partial charge < -0.3 is 14.9 Å². The van der Waals surface area contributed by atoms with Gasteiger partial charge in [-0.15, -0.1) is 0 Å². The lowest BCUT2D eigenvalue weighted by molar-refractivity contribution is -0.146. The van der Waals surface area contributed by atoms with Gasteiger partial charge in [-0.05, 0) is 33.1 Å². The third-order valence-electron chi connectivity index (χ3n) is 3.36. The van der Waals surface area contributed by atoms with Gasteiger partial charge in [0, 0.05) is 0 Å². The number of ether oxygens (including phenoxy) is 1. The maximum atomic E-state index is 9.72. The Morgan fingerprint density at radius 2 is 1.50 bits per heavy atom. The summed E-state index contributed by atoms with van der Waals surface area (Å²) < 4.78 is 5.70. The summed E-state index contributed by atoms with van der Waals surface area (Å²) in [4.78, 5) is 0. The van der Waals surface area contributed by atoms with Crippen LogP contribution in [0, 0.1) is 0 Å². The molecule has 0 aromatic rings. The molecule has 2 saturated heterocycles. The summed E-state index contributed by atoms with van der Waals surface area (Å²) in [6.07, 6.45) is 1.29. The maximum Gasteiger partial charge on any atom is 0.111 e. The first kappa shape index (κ1) is 8.48. The minimum absolute atomic E-state index is 0.508. The maximum absolute atomic E-state index is 9.72. The molecule has 0 aliphatic carbocycles. The highest BCUT2D eigenvalue weighted by molar-refractivity contribution is 5.08. The second-order valence-corrected chi connectivity index (χ2v) is 4.47. The first-order valence-electron chi connectivity index (χ1n) is 4.54. The van der Waals surface area contributed by atoms with Crippen molar-refractivity contribution in [1.82, 2.24) is 0 Å². The number of hydrogen-bond acceptors (Lipinski definition) is 3. The first-order chi connectivity index (χ1) is 5.48. The molecule has 2 bridgehead atoms. The molecule has 2 rings (SSSR count). The number of rotatable bonds is 0. The fourth-order valence-corrected chi connectivity index (χ4v) is 2.51. The molecule has 70 valence electrons. The van der Waals surface area contributed by atoms with Gasteiger partial charge in [-0.3, -0.25) is 0 Å². The van der Waals surface area contributed by atoms with Gasteiger partial charge in [0.2, 0.25) is 0 Å². The minimum atomic E-state index is -0.718. The molecule has 0 amide bonds. The zero-order chi connectivity index (χ0) is 8.98. The highest BCUT2D eigenvalue weighted by Crippen LogP contribution is 2.47. The topological polar surface area (TPSA) is 49.7 Å². The summed E-state index contributed by atoms with van der Waals surface area (Å²) in [5.74, 6) is 0. The van der Waals surface area contributed by atoms with Crippen molar-refractivity contribution in [3.8, 4) is 0 Å². The monoisotopic (exact) mass is 172 g/mol. The molecule has 2 heterocycles. The third kappa shape index (κ3) is 0.873. The summed E-state index contributed by atoms with van der Waals surface area (Å²) in [5.41, 5.74) is -1.02. The van der Waals surface area contributed by atoms with Crippen molar-refractivity contribution in [1.29, 1.82) is 0 Å². The predicted molar refractivity (Wildman–Crippen MR) is 43.8 cm³/mol. The molecule has 3 heteroatoms. The molecule has 2 fully saturated rings. The smallest absolute Gasteiger partial charge is 0.111 e. The van der Waals surface area contributed by atoms with Crippen LogP contribution < -0.4 is 0 Å². The molecule has 4 atom stereocenters. The highest BCUT2D eigenvalue weighted by atomic mass is 16.6. The van der Waals surface area contributed by atoms with Crippen LogP contribution in [0.5, 0.6) is 0 Å². The zero-order valence-electron chi connectivity index (χ0n) is 7.58. The second kappa shape index (κ2) is 2.22. The molecule has 0 aromatic carbocycles. The largest absolute Gasteiger partial charge is 0.387 e. The Hall–Kier alpha value is -0.120. The van der Waals surface area contributed by atoms with E-state index in [1.807, 2.05) is 13.8 Å². The summed E-state index contributed by atoms with van der Waals surface area (Å²) in [5, 5.41) is 19.4. The normalized spacial score (nSPS) is 59.0. The van der Waals surface area contributed by atoms with Crippen molar-refractivity contribution in [3.63, 3.8) is 0 Å². The van der Waals surface area contributed by atoms with E-state index in [2.05, 4.69) is 0 Å². The van der Waals surface area contributed by atoms with E-state index in [1.54, 1.807) is 0 Å². The lowest BCUT2D eigenvalue weighted by atomic mass is 9.94. The van der Waals surface area contributed by atoms with Crippen LogP contribution >= 0.6 is 0 Å². The van der Waals surface area contributed by atoms with Gasteiger partial charge in [-0.2, -0.15) is 0 Å². The molecule has 12 heavy (non-hydrogen) atoms. The standard InChI is InChI=1S/C9H16O3/c1-8-4-3-5-9(2,12-8)7(11)6(8)10/h6-7,10-11H,3-5H2,1-2H3. The van der Waals surface area contributed by atoms with Crippen LogP contribution in [0.3, 0.4) is 0 Å². The molecule has 0 aromatic heterocycles. The van der Waals surface area contributed by atoms with Crippen LogP contribution in [-0.4, -0.2) is 33.6 Å². The van der Waals surface area contributed by atoms with Crippen molar-refractivity contribution in [2.45, 2.75) is 56.5 Å². The Kier molecular flexibility index (Phi) is 1.57. The third-order valence-corrected chi connectivity index (χ3v) is 3.36. The van der Waals surface area contributed by atoms with E-state index in [9.17, 15) is 10.2 Å². The first-order valence-corrected chi connectivity index (χ1v) is 4.54. The summed E-state index contributed by atoms with van der Waals surface area (Å²) in [6.45, 7) is 3.76. The molecule has 3 nitrogen and oxygen atoms in total. The predicted octanol–water partition coefficient (Wildman–Crippen LogP) is 0.440. The fourth-order valence-electron chi connectivity index (χ4n) is 2.51. The average molecular weight is 172 g/mol. The van der Waals surface area contributed by atoms with Crippen LogP contribution in [-0.2, 0) is 4.74 Å². The van der Waals surface area contributed by atoms with Crippen LogP contribution in [0.1, 0.15) is 33.1 Å². The van der Waals surface area contributed by atoms with Crippen molar-refractivity contribution in [2.24, 2.45) is 0 Å². The molecule has 4 unspecified atom stereocenters. The Morgan fingerprint density at radius 3 is 1.83 bits per heavy atom. The van der Waals surface area contributed by atoms with Crippen molar-refractivity contribution >= 4 is 0 Å². The Bertz CT molecular complexity index is 186. The van der Waals surface area contributed by atoms with Gasteiger partial charge in [0.25, 0.3) is 0 Å². The molecule has 2 N–H and O–H groups in total. The van der Waals surface area contributed by atoms with Crippen LogP contribution in [0.4, 0.5) is 0 Å². The summed E-state index contributed by atoms with van der Waals surface area (Å²) >= 11 is 0.